The van der Waals surface area contributed by atoms with Gasteiger partial charge in [-0.05, 0) is 42.5 Å². The Bertz CT molecular complexity index is 505. The molecule has 1 heterocycles. The summed E-state index contributed by atoms with van der Waals surface area (Å²) in [4.78, 5) is 4.14. The largest absolute Gasteiger partial charge is 0.497 e. The predicted octanol–water partition coefficient (Wildman–Crippen LogP) is 2.82. The first-order valence-electron chi connectivity index (χ1n) is 6.03. The average Bonchev–Trinajstić information content (AvgIpc) is 2.91. The fourth-order valence-corrected chi connectivity index (χ4v) is 2.64. The van der Waals surface area contributed by atoms with Crippen molar-refractivity contribution in [2.45, 2.75) is 25.3 Å². The summed E-state index contributed by atoms with van der Waals surface area (Å²) in [6.45, 7) is 0. The van der Waals surface area contributed by atoms with Crippen LogP contribution in [0.25, 0.3) is 0 Å². The van der Waals surface area contributed by atoms with E-state index in [2.05, 4.69) is 27.8 Å². The van der Waals surface area contributed by atoms with Crippen LogP contribution in [0.2, 0.25) is 0 Å². The van der Waals surface area contributed by atoms with Gasteiger partial charge in [0.05, 0.1) is 19.5 Å². The molecule has 88 valence electrons. The third-order valence-electron chi connectivity index (χ3n) is 3.52. The topological polar surface area (TPSA) is 27.1 Å². The normalized spacial score (nSPS) is 18.8. The molecule has 0 N–H and O–H groups in total. The van der Waals surface area contributed by atoms with Gasteiger partial charge in [0, 0.05) is 12.4 Å². The van der Waals surface area contributed by atoms with Crippen LogP contribution in [-0.2, 0) is 6.42 Å². The number of ether oxygens (including phenoxy) is 1. The van der Waals surface area contributed by atoms with E-state index in [-0.39, 0.29) is 0 Å². The molecule has 1 unspecified atom stereocenters. The monoisotopic (exact) mass is 228 g/mol. The minimum absolute atomic E-state index is 0.413. The molecule has 17 heavy (non-hydrogen) atoms. The lowest BCUT2D eigenvalue weighted by molar-refractivity contribution is 0.410. The molecule has 0 spiro atoms. The zero-order chi connectivity index (χ0) is 11.7. The second-order valence-corrected chi connectivity index (χ2v) is 4.48. The van der Waals surface area contributed by atoms with Crippen molar-refractivity contribution in [1.29, 1.82) is 0 Å². The summed E-state index contributed by atoms with van der Waals surface area (Å²) < 4.78 is 7.51. The Kier molecular flexibility index (Phi) is 2.59. The molecular weight excluding hydrogens is 212 g/mol. The summed E-state index contributed by atoms with van der Waals surface area (Å²) in [6, 6.07) is 6.82. The molecule has 0 bridgehead atoms. The van der Waals surface area contributed by atoms with Gasteiger partial charge in [0.25, 0.3) is 0 Å². The Hall–Kier alpha value is -1.77. The van der Waals surface area contributed by atoms with E-state index < -0.39 is 0 Å². The first kappa shape index (κ1) is 10.4. The van der Waals surface area contributed by atoms with Crippen LogP contribution in [0.3, 0.4) is 0 Å². The van der Waals surface area contributed by atoms with Crippen molar-refractivity contribution in [2.75, 3.05) is 7.11 Å². The van der Waals surface area contributed by atoms with E-state index in [9.17, 15) is 0 Å². The van der Waals surface area contributed by atoms with Gasteiger partial charge in [0.2, 0.25) is 0 Å². The lowest BCUT2D eigenvalue weighted by atomic mass is 9.87. The molecule has 1 aromatic heterocycles. The van der Waals surface area contributed by atoms with Crippen LogP contribution in [0, 0.1) is 0 Å². The number of imidazole rings is 1. The van der Waals surface area contributed by atoms with Crippen LogP contribution in [0.1, 0.15) is 30.0 Å². The summed E-state index contributed by atoms with van der Waals surface area (Å²) in [5, 5.41) is 0. The van der Waals surface area contributed by atoms with Gasteiger partial charge < -0.3 is 9.30 Å². The average molecular weight is 228 g/mol. The molecule has 3 rings (SSSR count). The number of fused-ring (bicyclic) bond motifs is 1. The Morgan fingerprint density at radius 1 is 1.41 bits per heavy atom. The van der Waals surface area contributed by atoms with E-state index in [0.717, 1.165) is 5.75 Å². The molecule has 0 saturated heterocycles. The molecule has 1 aliphatic rings. The van der Waals surface area contributed by atoms with Crippen LogP contribution in [0.15, 0.2) is 36.9 Å². The second-order valence-electron chi connectivity index (χ2n) is 4.48. The number of aryl methyl sites for hydroxylation is 1. The Labute approximate surface area is 101 Å². The molecule has 1 atom stereocenters. The smallest absolute Gasteiger partial charge is 0.119 e. The van der Waals surface area contributed by atoms with Crippen molar-refractivity contribution < 1.29 is 4.74 Å². The maximum atomic E-state index is 5.32. The second kappa shape index (κ2) is 4.24. The molecule has 0 amide bonds. The van der Waals surface area contributed by atoms with Crippen molar-refractivity contribution in [3.63, 3.8) is 0 Å². The number of hydrogen-bond acceptors (Lipinski definition) is 2. The molecule has 3 nitrogen and oxygen atoms in total. The summed E-state index contributed by atoms with van der Waals surface area (Å²) in [5.41, 5.74) is 2.82. The highest BCUT2D eigenvalue weighted by atomic mass is 16.5. The van der Waals surface area contributed by atoms with Crippen molar-refractivity contribution in [3.8, 4) is 5.75 Å². The van der Waals surface area contributed by atoms with Gasteiger partial charge in [0.15, 0.2) is 0 Å². The number of aromatic nitrogens is 2. The van der Waals surface area contributed by atoms with Crippen LogP contribution in [0.5, 0.6) is 5.75 Å². The third-order valence-corrected chi connectivity index (χ3v) is 3.52. The quantitative estimate of drug-likeness (QED) is 0.790. The Morgan fingerprint density at radius 3 is 3.12 bits per heavy atom. The minimum Gasteiger partial charge on any atom is -0.497 e. The van der Waals surface area contributed by atoms with Crippen molar-refractivity contribution in [2.24, 2.45) is 0 Å². The fourth-order valence-electron chi connectivity index (χ4n) is 2.64. The lowest BCUT2D eigenvalue weighted by Crippen LogP contribution is -2.16. The molecule has 3 heteroatoms. The predicted molar refractivity (Wildman–Crippen MR) is 66.3 cm³/mol. The number of rotatable bonds is 2. The van der Waals surface area contributed by atoms with Gasteiger partial charge in [-0.15, -0.1) is 0 Å². The molecule has 2 aromatic rings. The number of nitrogens with zero attached hydrogens (tertiary/aromatic N) is 2. The number of methoxy groups -OCH3 is 1. The summed E-state index contributed by atoms with van der Waals surface area (Å²) in [6.07, 6.45) is 9.37. The van der Waals surface area contributed by atoms with E-state index in [1.54, 1.807) is 7.11 Å². The minimum atomic E-state index is 0.413. The first-order valence-corrected chi connectivity index (χ1v) is 6.03. The lowest BCUT2D eigenvalue weighted by Gasteiger charge is -2.27. The van der Waals surface area contributed by atoms with E-state index in [1.165, 1.54) is 30.4 Å². The molecule has 1 aliphatic carbocycles. The first-order chi connectivity index (χ1) is 8.38. The van der Waals surface area contributed by atoms with Crippen molar-refractivity contribution >= 4 is 0 Å². The maximum Gasteiger partial charge on any atom is 0.119 e. The van der Waals surface area contributed by atoms with Gasteiger partial charge in [-0.2, -0.15) is 0 Å². The Balaban J connectivity index is 2.06. The van der Waals surface area contributed by atoms with Gasteiger partial charge in [-0.25, -0.2) is 4.98 Å². The summed E-state index contributed by atoms with van der Waals surface area (Å²) in [5.74, 6) is 0.941. The highest BCUT2D eigenvalue weighted by Crippen LogP contribution is 2.34. The van der Waals surface area contributed by atoms with Crippen LogP contribution in [-0.4, -0.2) is 16.7 Å². The molecular formula is C14H16N2O. The van der Waals surface area contributed by atoms with Gasteiger partial charge in [-0.1, -0.05) is 6.07 Å². The zero-order valence-corrected chi connectivity index (χ0v) is 9.97. The molecule has 0 aliphatic heterocycles. The number of hydrogen-bond donors (Lipinski definition) is 0. The molecule has 0 fully saturated rings. The molecule has 0 radical (unpaired) electrons. The van der Waals surface area contributed by atoms with E-state index in [4.69, 9.17) is 4.74 Å². The van der Waals surface area contributed by atoms with Crippen LogP contribution >= 0.6 is 0 Å². The van der Waals surface area contributed by atoms with E-state index in [0.29, 0.717) is 6.04 Å². The highest BCUT2D eigenvalue weighted by Gasteiger charge is 2.21. The number of benzene rings is 1. The van der Waals surface area contributed by atoms with Crippen molar-refractivity contribution in [1.82, 2.24) is 9.55 Å². The zero-order valence-electron chi connectivity index (χ0n) is 9.97. The SMILES string of the molecule is COc1ccc2c(c1)C(n1ccnc1)CCC2. The fraction of sp³-hybridized carbons (Fsp3) is 0.357. The standard InChI is InChI=1S/C14H16N2O/c1-17-12-6-5-11-3-2-4-14(13(11)9-12)16-8-7-15-10-16/h5-10,14H,2-4H2,1H3. The maximum absolute atomic E-state index is 5.32. The van der Waals surface area contributed by atoms with E-state index >= 15 is 0 Å². The van der Waals surface area contributed by atoms with Gasteiger partial charge in [0.1, 0.15) is 5.75 Å². The van der Waals surface area contributed by atoms with Gasteiger partial charge >= 0.3 is 0 Å². The highest BCUT2D eigenvalue weighted by molar-refractivity contribution is 5.39. The molecule has 1 aromatic carbocycles. The van der Waals surface area contributed by atoms with Crippen LogP contribution < -0.4 is 4.74 Å². The van der Waals surface area contributed by atoms with E-state index in [1.807, 2.05) is 18.7 Å². The summed E-state index contributed by atoms with van der Waals surface area (Å²) in [7, 11) is 1.72. The summed E-state index contributed by atoms with van der Waals surface area (Å²) >= 11 is 0. The van der Waals surface area contributed by atoms with Crippen LogP contribution in [0.4, 0.5) is 0 Å². The molecule has 0 saturated carbocycles. The third kappa shape index (κ3) is 1.82. The van der Waals surface area contributed by atoms with Gasteiger partial charge in [-0.3, -0.25) is 0 Å². The Morgan fingerprint density at radius 2 is 2.35 bits per heavy atom. The van der Waals surface area contributed by atoms with Crippen molar-refractivity contribution in [3.05, 3.63) is 48.0 Å².